The highest BCUT2D eigenvalue weighted by atomic mass is 35.5. The van der Waals surface area contributed by atoms with Crippen molar-refractivity contribution in [1.82, 2.24) is 14.9 Å². The van der Waals surface area contributed by atoms with Crippen LogP contribution in [0.25, 0.3) is 11.3 Å². The third-order valence-corrected chi connectivity index (χ3v) is 3.09. The molecule has 2 heterocycles. The number of nitrogens with zero attached hydrogens (tertiary/aromatic N) is 5. The summed E-state index contributed by atoms with van der Waals surface area (Å²) in [5.41, 5.74) is 0.492. The fraction of sp³-hybridized carbons (Fsp3) is 0. The van der Waals surface area contributed by atoms with Crippen LogP contribution in [0, 0.1) is 10.1 Å². The van der Waals surface area contributed by atoms with Crippen molar-refractivity contribution in [3.05, 3.63) is 63.9 Å². The van der Waals surface area contributed by atoms with Gasteiger partial charge in [0.05, 0.1) is 16.2 Å². The van der Waals surface area contributed by atoms with Crippen molar-refractivity contribution in [3.63, 3.8) is 0 Å². The molecule has 0 unspecified atom stereocenters. The molecule has 0 fully saturated rings. The zero-order valence-corrected chi connectivity index (χ0v) is 11.7. The Labute approximate surface area is 128 Å². The normalized spacial score (nSPS) is 11.1. The Balaban J connectivity index is 1.86. The maximum absolute atomic E-state index is 10.7. The third-order valence-electron chi connectivity index (χ3n) is 2.78. The van der Waals surface area contributed by atoms with Crippen LogP contribution in [0.1, 0.15) is 5.76 Å². The molecule has 0 amide bonds. The Bertz CT molecular complexity index is 841. The fourth-order valence-corrected chi connectivity index (χ4v) is 2.03. The first kappa shape index (κ1) is 14.0. The molecule has 0 aliphatic carbocycles. The van der Waals surface area contributed by atoms with E-state index in [4.69, 9.17) is 16.0 Å². The molecule has 3 rings (SSSR count). The Morgan fingerprint density at radius 3 is 2.73 bits per heavy atom. The van der Waals surface area contributed by atoms with E-state index in [-0.39, 0.29) is 10.7 Å². The summed E-state index contributed by atoms with van der Waals surface area (Å²) < 4.78 is 7.01. The van der Waals surface area contributed by atoms with Gasteiger partial charge in [0, 0.05) is 17.7 Å². The van der Waals surface area contributed by atoms with Crippen LogP contribution in [-0.2, 0) is 0 Å². The molecular formula is C13H8ClN5O3. The molecule has 2 aromatic heterocycles. The number of halogens is 1. The number of hydrogen-bond acceptors (Lipinski definition) is 6. The van der Waals surface area contributed by atoms with Gasteiger partial charge in [-0.2, -0.15) is 5.10 Å². The van der Waals surface area contributed by atoms with Crippen molar-refractivity contribution in [3.8, 4) is 11.3 Å². The van der Waals surface area contributed by atoms with Gasteiger partial charge in [0.2, 0.25) is 0 Å². The highest BCUT2D eigenvalue weighted by Crippen LogP contribution is 2.31. The topological polar surface area (TPSA) is 99.3 Å². The second-order valence-electron chi connectivity index (χ2n) is 4.21. The molecule has 0 N–H and O–H groups in total. The van der Waals surface area contributed by atoms with Gasteiger partial charge in [-0.15, -0.1) is 10.2 Å². The van der Waals surface area contributed by atoms with Gasteiger partial charge >= 0.3 is 0 Å². The number of rotatable bonds is 4. The second kappa shape index (κ2) is 5.78. The summed E-state index contributed by atoms with van der Waals surface area (Å²) in [4.78, 5) is 10.2. The Kier molecular flexibility index (Phi) is 3.67. The van der Waals surface area contributed by atoms with Gasteiger partial charge in [-0.25, -0.2) is 4.68 Å². The molecule has 110 valence electrons. The summed E-state index contributed by atoms with van der Waals surface area (Å²) in [5.74, 6) is 0.989. The van der Waals surface area contributed by atoms with E-state index in [0.29, 0.717) is 17.1 Å². The number of nitro groups is 1. The SMILES string of the molecule is O=[N+]([O-])c1ccc(-c2ccc(/C=N\n3cnnc3)o2)c(Cl)c1. The number of nitro benzene ring substituents is 1. The van der Waals surface area contributed by atoms with E-state index in [9.17, 15) is 10.1 Å². The van der Waals surface area contributed by atoms with Crippen LogP contribution in [0.15, 0.2) is 52.5 Å². The molecule has 0 atom stereocenters. The lowest BCUT2D eigenvalue weighted by Gasteiger charge is -2.00. The molecule has 0 saturated heterocycles. The number of furan rings is 1. The number of hydrogen-bond donors (Lipinski definition) is 0. The quantitative estimate of drug-likeness (QED) is 0.418. The first-order chi connectivity index (χ1) is 10.6. The predicted molar refractivity (Wildman–Crippen MR) is 78.8 cm³/mol. The lowest BCUT2D eigenvalue weighted by atomic mass is 10.1. The molecule has 0 saturated carbocycles. The van der Waals surface area contributed by atoms with Crippen molar-refractivity contribution >= 4 is 23.5 Å². The molecule has 8 nitrogen and oxygen atoms in total. The largest absolute Gasteiger partial charge is 0.455 e. The van der Waals surface area contributed by atoms with E-state index in [1.807, 2.05) is 0 Å². The molecule has 0 radical (unpaired) electrons. The van der Waals surface area contributed by atoms with Gasteiger partial charge in [-0.1, -0.05) is 11.6 Å². The van der Waals surface area contributed by atoms with Crippen LogP contribution in [0.4, 0.5) is 5.69 Å². The van der Waals surface area contributed by atoms with Crippen LogP contribution in [0.3, 0.4) is 0 Å². The van der Waals surface area contributed by atoms with Gasteiger partial charge in [-0.05, 0) is 18.2 Å². The lowest BCUT2D eigenvalue weighted by molar-refractivity contribution is -0.384. The summed E-state index contributed by atoms with van der Waals surface area (Å²) in [6, 6.07) is 7.61. The summed E-state index contributed by atoms with van der Waals surface area (Å²) in [6.07, 6.45) is 4.37. The summed E-state index contributed by atoms with van der Waals surface area (Å²) in [6.45, 7) is 0. The van der Waals surface area contributed by atoms with Crippen LogP contribution in [0.2, 0.25) is 5.02 Å². The summed E-state index contributed by atoms with van der Waals surface area (Å²) >= 11 is 6.06. The minimum atomic E-state index is -0.505. The van der Waals surface area contributed by atoms with E-state index in [2.05, 4.69) is 15.3 Å². The highest BCUT2D eigenvalue weighted by Gasteiger charge is 2.13. The average Bonchev–Trinajstić information content (AvgIpc) is 3.16. The summed E-state index contributed by atoms with van der Waals surface area (Å²) in [7, 11) is 0. The van der Waals surface area contributed by atoms with Gasteiger partial charge in [0.15, 0.2) is 0 Å². The van der Waals surface area contributed by atoms with E-state index < -0.39 is 4.92 Å². The number of non-ortho nitro benzene ring substituents is 1. The molecule has 0 bridgehead atoms. The van der Waals surface area contributed by atoms with Crippen molar-refractivity contribution < 1.29 is 9.34 Å². The van der Waals surface area contributed by atoms with Gasteiger partial charge < -0.3 is 4.42 Å². The molecule has 1 aromatic carbocycles. The van der Waals surface area contributed by atoms with Gasteiger partial charge in [0.25, 0.3) is 5.69 Å². The van der Waals surface area contributed by atoms with E-state index in [0.717, 1.165) is 0 Å². The minimum Gasteiger partial charge on any atom is -0.455 e. The van der Waals surface area contributed by atoms with Crippen LogP contribution in [0.5, 0.6) is 0 Å². The van der Waals surface area contributed by atoms with Crippen molar-refractivity contribution in [2.45, 2.75) is 0 Å². The first-order valence-electron chi connectivity index (χ1n) is 6.06. The maximum atomic E-state index is 10.7. The maximum Gasteiger partial charge on any atom is 0.270 e. The second-order valence-corrected chi connectivity index (χ2v) is 4.62. The monoisotopic (exact) mass is 317 g/mol. The Morgan fingerprint density at radius 2 is 2.05 bits per heavy atom. The van der Waals surface area contributed by atoms with Crippen LogP contribution in [-0.4, -0.2) is 26.0 Å². The standard InChI is InChI=1S/C13H8ClN5O3/c14-12-5-9(19(20)21)1-3-11(12)13-4-2-10(22-13)6-17-18-7-15-16-8-18/h1-8H/b17-6-. The average molecular weight is 318 g/mol. The van der Waals surface area contributed by atoms with Gasteiger partial charge in [0.1, 0.15) is 24.2 Å². The van der Waals surface area contributed by atoms with E-state index in [1.165, 1.54) is 35.7 Å². The molecule has 0 spiro atoms. The predicted octanol–water partition coefficient (Wildman–Crippen LogP) is 2.98. The smallest absolute Gasteiger partial charge is 0.270 e. The zero-order valence-electron chi connectivity index (χ0n) is 11.0. The van der Waals surface area contributed by atoms with Gasteiger partial charge in [-0.3, -0.25) is 10.1 Å². The highest BCUT2D eigenvalue weighted by molar-refractivity contribution is 6.33. The van der Waals surface area contributed by atoms with Crippen LogP contribution >= 0.6 is 11.6 Å². The lowest BCUT2D eigenvalue weighted by Crippen LogP contribution is -1.88. The molecule has 9 heteroatoms. The Morgan fingerprint density at radius 1 is 1.27 bits per heavy atom. The minimum absolute atomic E-state index is 0.0744. The molecule has 0 aliphatic rings. The molecule has 22 heavy (non-hydrogen) atoms. The number of benzene rings is 1. The molecular weight excluding hydrogens is 310 g/mol. The van der Waals surface area contributed by atoms with Crippen molar-refractivity contribution in [2.75, 3.05) is 0 Å². The van der Waals surface area contributed by atoms with E-state index >= 15 is 0 Å². The first-order valence-corrected chi connectivity index (χ1v) is 6.44. The van der Waals surface area contributed by atoms with Crippen LogP contribution < -0.4 is 0 Å². The molecule has 0 aliphatic heterocycles. The molecule has 3 aromatic rings. The number of aromatic nitrogens is 3. The van der Waals surface area contributed by atoms with E-state index in [1.54, 1.807) is 18.2 Å². The fourth-order valence-electron chi connectivity index (χ4n) is 1.76. The van der Waals surface area contributed by atoms with Crippen molar-refractivity contribution in [2.24, 2.45) is 5.10 Å². The van der Waals surface area contributed by atoms with Crippen molar-refractivity contribution in [1.29, 1.82) is 0 Å². The third kappa shape index (κ3) is 2.86. The summed E-state index contributed by atoms with van der Waals surface area (Å²) in [5, 5.41) is 22.2. The zero-order chi connectivity index (χ0) is 15.5. The Hall–Kier alpha value is -3.00.